The maximum atomic E-state index is 9.10. The van der Waals surface area contributed by atoms with E-state index in [-0.39, 0.29) is 0 Å². The van der Waals surface area contributed by atoms with Gasteiger partial charge in [0.05, 0.1) is 14.2 Å². The number of carboxylic acid groups (broad SMARTS) is 2. The Morgan fingerprint density at radius 2 is 1.45 bits per heavy atom. The molecule has 4 aliphatic carbocycles. The van der Waals surface area contributed by atoms with Crippen molar-refractivity contribution in [3.63, 3.8) is 0 Å². The zero-order valence-corrected chi connectivity index (χ0v) is 18.3. The van der Waals surface area contributed by atoms with E-state index in [2.05, 4.69) is 27.3 Å². The molecule has 3 N–H and O–H groups in total. The largest absolute Gasteiger partial charge is 0.493 e. The van der Waals surface area contributed by atoms with Crippen LogP contribution < -0.4 is 14.8 Å². The number of carbonyl (C=O) groups is 2. The summed E-state index contributed by atoms with van der Waals surface area (Å²) in [5.41, 5.74) is 1.64. The predicted octanol–water partition coefficient (Wildman–Crippen LogP) is 3.68. The summed E-state index contributed by atoms with van der Waals surface area (Å²) >= 11 is 3.69. The van der Waals surface area contributed by atoms with E-state index in [0.29, 0.717) is 5.54 Å². The van der Waals surface area contributed by atoms with Crippen molar-refractivity contribution in [2.24, 2.45) is 17.8 Å². The van der Waals surface area contributed by atoms with Gasteiger partial charge >= 0.3 is 11.9 Å². The molecule has 4 saturated carbocycles. The van der Waals surface area contributed by atoms with Gasteiger partial charge in [0.2, 0.25) is 0 Å². The fourth-order valence-corrected chi connectivity index (χ4v) is 6.10. The monoisotopic (exact) mass is 469 g/mol. The number of methoxy groups -OCH3 is 2. The first kappa shape index (κ1) is 21.9. The third-order valence-corrected chi connectivity index (χ3v) is 7.17. The third-order valence-electron chi connectivity index (χ3n) is 6.43. The summed E-state index contributed by atoms with van der Waals surface area (Å²) in [7, 11) is 3.37. The molecule has 29 heavy (non-hydrogen) atoms. The highest BCUT2D eigenvalue weighted by Gasteiger charge is 2.50. The quantitative estimate of drug-likeness (QED) is 0.564. The first-order valence-electron chi connectivity index (χ1n) is 9.87. The number of rotatable bonds is 5. The van der Waals surface area contributed by atoms with Crippen LogP contribution in [0.3, 0.4) is 0 Å². The van der Waals surface area contributed by atoms with Crippen molar-refractivity contribution in [2.45, 2.75) is 50.6 Å². The molecule has 0 spiro atoms. The van der Waals surface area contributed by atoms with Crippen molar-refractivity contribution in [3.05, 3.63) is 22.2 Å². The zero-order valence-electron chi connectivity index (χ0n) is 16.7. The first-order valence-corrected chi connectivity index (χ1v) is 10.7. The fourth-order valence-electron chi connectivity index (χ4n) is 5.64. The second-order valence-corrected chi connectivity index (χ2v) is 9.31. The number of benzene rings is 1. The number of hydrogen-bond acceptors (Lipinski definition) is 5. The van der Waals surface area contributed by atoms with Gasteiger partial charge in [-0.2, -0.15) is 0 Å². The Bertz CT molecular complexity index is 733. The Hall–Kier alpha value is -1.80. The Morgan fingerprint density at radius 3 is 1.86 bits per heavy atom. The summed E-state index contributed by atoms with van der Waals surface area (Å²) < 4.78 is 11.9. The van der Waals surface area contributed by atoms with Crippen molar-refractivity contribution in [2.75, 3.05) is 14.2 Å². The highest BCUT2D eigenvalue weighted by molar-refractivity contribution is 9.10. The Balaban J connectivity index is 0.000000353. The molecule has 0 amide bonds. The van der Waals surface area contributed by atoms with Gasteiger partial charge in [-0.25, -0.2) is 9.59 Å². The molecule has 1 aromatic carbocycles. The van der Waals surface area contributed by atoms with Gasteiger partial charge in [-0.1, -0.05) is 15.9 Å². The number of ether oxygens (including phenoxy) is 2. The molecule has 0 heterocycles. The van der Waals surface area contributed by atoms with E-state index >= 15 is 0 Å². The van der Waals surface area contributed by atoms with Crippen LogP contribution in [0.2, 0.25) is 0 Å². The number of nitrogens with one attached hydrogen (secondary N) is 1. The van der Waals surface area contributed by atoms with E-state index < -0.39 is 11.9 Å². The van der Waals surface area contributed by atoms with Crippen molar-refractivity contribution < 1.29 is 29.3 Å². The summed E-state index contributed by atoms with van der Waals surface area (Å²) in [4.78, 5) is 18.2. The molecule has 1 aromatic rings. The standard InChI is InChI=1S/C19H26BrNO2.C2H2O4/c1-22-17-6-15(16(20)7-18(17)23-2)11-21-19-8-12-3-13(9-19)5-14(4-12)10-19;3-1(4)2(5)6/h6-7,12-14,21H,3-5,8-11H2,1-2H3;(H,3,4)(H,5,6). The minimum absolute atomic E-state index is 0.390. The van der Waals surface area contributed by atoms with Crippen molar-refractivity contribution in [1.29, 1.82) is 0 Å². The van der Waals surface area contributed by atoms with Gasteiger partial charge in [0, 0.05) is 16.6 Å². The summed E-state index contributed by atoms with van der Waals surface area (Å²) in [5.74, 6) is 0.855. The van der Waals surface area contributed by atoms with Crippen LogP contribution in [0.15, 0.2) is 16.6 Å². The lowest BCUT2D eigenvalue weighted by Crippen LogP contribution is -2.58. The number of hydrogen-bond donors (Lipinski definition) is 3. The van der Waals surface area contributed by atoms with Gasteiger partial charge in [0.1, 0.15) is 0 Å². The van der Waals surface area contributed by atoms with Crippen LogP contribution in [-0.2, 0) is 16.1 Å². The van der Waals surface area contributed by atoms with E-state index in [1.54, 1.807) is 14.2 Å². The second kappa shape index (κ2) is 8.92. The van der Waals surface area contributed by atoms with Crippen LogP contribution in [0.1, 0.15) is 44.1 Å². The molecule has 4 bridgehead atoms. The lowest BCUT2D eigenvalue weighted by Gasteiger charge is -2.57. The van der Waals surface area contributed by atoms with Crippen LogP contribution in [0.25, 0.3) is 0 Å². The average molecular weight is 470 g/mol. The Morgan fingerprint density at radius 1 is 1.00 bits per heavy atom. The van der Waals surface area contributed by atoms with E-state index in [1.807, 2.05) is 6.07 Å². The molecule has 0 aliphatic heterocycles. The van der Waals surface area contributed by atoms with Gasteiger partial charge in [-0.3, -0.25) is 0 Å². The van der Waals surface area contributed by atoms with E-state index in [4.69, 9.17) is 29.3 Å². The summed E-state index contributed by atoms with van der Waals surface area (Å²) in [6.07, 6.45) is 8.60. The summed E-state index contributed by atoms with van der Waals surface area (Å²) in [5, 5.41) is 18.7. The average Bonchev–Trinajstić information content (AvgIpc) is 2.66. The second-order valence-electron chi connectivity index (χ2n) is 8.46. The van der Waals surface area contributed by atoms with Gasteiger partial charge < -0.3 is 25.0 Å². The zero-order chi connectivity index (χ0) is 21.2. The van der Waals surface area contributed by atoms with Crippen LogP contribution in [0.4, 0.5) is 0 Å². The van der Waals surface area contributed by atoms with Gasteiger partial charge in [-0.05, 0) is 74.0 Å². The van der Waals surface area contributed by atoms with Crippen molar-refractivity contribution >= 4 is 27.9 Å². The van der Waals surface area contributed by atoms with Crippen molar-refractivity contribution in [1.82, 2.24) is 5.32 Å². The molecule has 4 fully saturated rings. The normalized spacial score (nSPS) is 29.0. The highest BCUT2D eigenvalue weighted by atomic mass is 79.9. The predicted molar refractivity (Wildman–Crippen MR) is 110 cm³/mol. The lowest BCUT2D eigenvalue weighted by atomic mass is 9.53. The van der Waals surface area contributed by atoms with Gasteiger partial charge in [0.15, 0.2) is 11.5 Å². The highest BCUT2D eigenvalue weighted by Crippen LogP contribution is 2.55. The molecular weight excluding hydrogens is 442 g/mol. The number of halogens is 1. The van der Waals surface area contributed by atoms with E-state index in [0.717, 1.165) is 40.3 Å². The molecule has 7 nitrogen and oxygen atoms in total. The van der Waals surface area contributed by atoms with Crippen LogP contribution in [0.5, 0.6) is 11.5 Å². The van der Waals surface area contributed by atoms with Crippen LogP contribution in [-0.4, -0.2) is 41.9 Å². The number of carboxylic acids is 2. The van der Waals surface area contributed by atoms with E-state index in [9.17, 15) is 0 Å². The van der Waals surface area contributed by atoms with Crippen molar-refractivity contribution in [3.8, 4) is 11.5 Å². The molecule has 0 atom stereocenters. The van der Waals surface area contributed by atoms with Crippen LogP contribution >= 0.6 is 15.9 Å². The minimum Gasteiger partial charge on any atom is -0.493 e. The number of aliphatic carboxylic acids is 2. The molecule has 4 aliphatic rings. The molecule has 0 saturated heterocycles. The van der Waals surface area contributed by atoms with E-state index in [1.165, 1.54) is 44.1 Å². The summed E-state index contributed by atoms with van der Waals surface area (Å²) in [6.45, 7) is 0.896. The summed E-state index contributed by atoms with van der Waals surface area (Å²) in [6, 6.07) is 4.10. The molecule has 0 aromatic heterocycles. The topological polar surface area (TPSA) is 105 Å². The Labute approximate surface area is 178 Å². The molecular formula is C21H28BrNO6. The van der Waals surface area contributed by atoms with Gasteiger partial charge in [-0.15, -0.1) is 0 Å². The molecule has 5 rings (SSSR count). The fraction of sp³-hybridized carbons (Fsp3) is 0.619. The smallest absolute Gasteiger partial charge is 0.414 e. The first-order chi connectivity index (χ1) is 13.7. The Kier molecular flexibility index (Phi) is 6.73. The maximum Gasteiger partial charge on any atom is 0.414 e. The van der Waals surface area contributed by atoms with Gasteiger partial charge in [0.25, 0.3) is 0 Å². The molecule has 0 unspecified atom stereocenters. The molecule has 160 valence electrons. The minimum atomic E-state index is -1.82. The van der Waals surface area contributed by atoms with Crippen LogP contribution in [0, 0.1) is 17.8 Å². The third kappa shape index (κ3) is 5.04. The lowest BCUT2D eigenvalue weighted by molar-refractivity contribution is -0.159. The maximum absolute atomic E-state index is 9.10. The molecule has 0 radical (unpaired) electrons. The molecule has 8 heteroatoms. The SMILES string of the molecule is COc1cc(Br)c(CNC23CC4CC(CC(C4)C2)C3)cc1OC.O=C(O)C(=O)O.